The first-order valence-corrected chi connectivity index (χ1v) is 13.3. The van der Waals surface area contributed by atoms with Crippen LogP contribution in [0.3, 0.4) is 0 Å². The third kappa shape index (κ3) is 4.38. The smallest absolute Gasteiger partial charge is 0.242 e. The highest BCUT2D eigenvalue weighted by Crippen LogP contribution is 2.30. The monoisotopic (exact) mass is 489 g/mol. The minimum absolute atomic E-state index is 0.109. The fraction of sp³-hybridized carbons (Fsp3) is 0.286. The summed E-state index contributed by atoms with van der Waals surface area (Å²) in [6.07, 6.45) is 2.69. The van der Waals surface area contributed by atoms with Crippen molar-refractivity contribution in [3.63, 3.8) is 0 Å². The number of thioether (sulfide) groups is 1. The highest BCUT2D eigenvalue weighted by molar-refractivity contribution is 8.00. The maximum absolute atomic E-state index is 12.5. The molecule has 0 radical (unpaired) electrons. The number of hydrogen-bond acceptors (Lipinski definition) is 7. The molecule has 11 heteroatoms. The molecule has 0 spiro atoms. The molecule has 0 aliphatic carbocycles. The van der Waals surface area contributed by atoms with Crippen molar-refractivity contribution in [2.24, 2.45) is 7.05 Å². The Labute approximate surface area is 194 Å². The van der Waals surface area contributed by atoms with Crippen molar-refractivity contribution < 1.29 is 13.2 Å². The van der Waals surface area contributed by atoms with Gasteiger partial charge in [0.25, 0.3) is 0 Å². The Hall–Kier alpha value is -2.47. The van der Waals surface area contributed by atoms with Crippen molar-refractivity contribution in [2.45, 2.75) is 22.1 Å². The van der Waals surface area contributed by atoms with Crippen molar-refractivity contribution >= 4 is 66.0 Å². The van der Waals surface area contributed by atoms with Gasteiger partial charge in [-0.3, -0.25) is 4.79 Å². The molecule has 2 aromatic heterocycles. The highest BCUT2D eigenvalue weighted by Gasteiger charge is 2.19. The van der Waals surface area contributed by atoms with E-state index in [9.17, 15) is 13.2 Å². The molecular weight excluding hydrogens is 466 g/mol. The van der Waals surface area contributed by atoms with Gasteiger partial charge in [-0.25, -0.2) is 22.7 Å². The minimum atomic E-state index is -3.53. The second-order valence-electron chi connectivity index (χ2n) is 7.44. The third-order valence-electron chi connectivity index (χ3n) is 5.13. The summed E-state index contributed by atoms with van der Waals surface area (Å²) in [6, 6.07) is 10.6. The first-order valence-electron chi connectivity index (χ1n) is 9.81. The average Bonchev–Trinajstić information content (AvgIpc) is 3.32. The maximum Gasteiger partial charge on any atom is 0.242 e. The van der Waals surface area contributed by atoms with Crippen LogP contribution in [0.5, 0.6) is 0 Å². The number of carbonyl (C=O) groups excluding carboxylic acids is 1. The number of benzene rings is 2. The summed E-state index contributed by atoms with van der Waals surface area (Å²) >= 11 is 3.20. The van der Waals surface area contributed by atoms with Gasteiger partial charge >= 0.3 is 0 Å². The van der Waals surface area contributed by atoms with Crippen molar-refractivity contribution in [2.75, 3.05) is 25.7 Å². The minimum Gasteiger partial charge on any atom is -0.331 e. The van der Waals surface area contributed by atoms with Crippen LogP contribution in [0.1, 0.15) is 12.2 Å². The van der Waals surface area contributed by atoms with E-state index < -0.39 is 10.0 Å². The normalized spacial score (nSPS) is 12.2. The largest absolute Gasteiger partial charge is 0.331 e. The lowest BCUT2D eigenvalue weighted by Gasteiger charge is -2.10. The topological polar surface area (TPSA) is 97.2 Å². The van der Waals surface area contributed by atoms with Crippen LogP contribution in [0.15, 0.2) is 45.6 Å². The molecule has 0 aliphatic heterocycles. The van der Waals surface area contributed by atoms with Gasteiger partial charge in [-0.2, -0.15) is 0 Å². The number of sulfonamides is 1. The van der Waals surface area contributed by atoms with Crippen LogP contribution in [0.25, 0.3) is 21.3 Å². The van der Waals surface area contributed by atoms with E-state index in [1.54, 1.807) is 41.3 Å². The van der Waals surface area contributed by atoms with Crippen LogP contribution >= 0.6 is 23.1 Å². The summed E-state index contributed by atoms with van der Waals surface area (Å²) in [6.45, 7) is 0. The van der Waals surface area contributed by atoms with Gasteiger partial charge in [-0.15, -0.1) is 11.3 Å². The van der Waals surface area contributed by atoms with Gasteiger partial charge in [0.15, 0.2) is 4.34 Å². The van der Waals surface area contributed by atoms with Crippen LogP contribution in [-0.2, 0) is 28.3 Å². The molecule has 0 unspecified atom stereocenters. The number of fused-ring (bicyclic) bond motifs is 2. The van der Waals surface area contributed by atoms with Gasteiger partial charge in [-0.05, 0) is 42.7 Å². The molecule has 4 rings (SSSR count). The Bertz CT molecular complexity index is 1420. The number of imidazole rings is 1. The Kier molecular flexibility index (Phi) is 6.26. The number of anilines is 1. The van der Waals surface area contributed by atoms with E-state index in [4.69, 9.17) is 0 Å². The molecule has 0 aliphatic rings. The van der Waals surface area contributed by atoms with Crippen LogP contribution in [0.4, 0.5) is 5.69 Å². The molecule has 0 fully saturated rings. The number of amides is 1. The molecule has 4 aromatic rings. The number of hydrogen-bond donors (Lipinski definition) is 1. The molecule has 0 atom stereocenters. The van der Waals surface area contributed by atoms with Gasteiger partial charge in [0.1, 0.15) is 5.82 Å². The molecule has 8 nitrogen and oxygen atoms in total. The van der Waals surface area contributed by atoms with E-state index in [1.165, 1.54) is 18.4 Å². The second-order valence-corrected chi connectivity index (χ2v) is 11.7. The molecule has 32 heavy (non-hydrogen) atoms. The number of nitrogens with zero attached hydrogens (tertiary/aromatic N) is 4. The maximum atomic E-state index is 12.5. The number of rotatable bonds is 7. The average molecular weight is 490 g/mol. The fourth-order valence-electron chi connectivity index (χ4n) is 3.34. The molecule has 2 heterocycles. The zero-order chi connectivity index (χ0) is 23.0. The van der Waals surface area contributed by atoms with Crippen molar-refractivity contribution in [1.29, 1.82) is 0 Å². The molecule has 0 saturated carbocycles. The SMILES string of the molecule is CSc1nc2ccc(NC(=O)CCc3nc4cc(S(=O)(=O)N(C)C)ccc4n3C)cc2s1. The molecule has 2 aromatic carbocycles. The van der Waals surface area contributed by atoms with E-state index in [1.807, 2.05) is 36.1 Å². The lowest BCUT2D eigenvalue weighted by atomic mass is 10.2. The van der Waals surface area contributed by atoms with Crippen molar-refractivity contribution in [3.05, 3.63) is 42.2 Å². The Morgan fingerprint density at radius 2 is 1.94 bits per heavy atom. The lowest BCUT2D eigenvalue weighted by molar-refractivity contribution is -0.116. The standard InChI is InChI=1S/C21H23N5O3S3/c1-25(2)32(28,29)14-6-8-17-16(12-14)23-19(26(17)3)9-10-20(27)22-13-5-7-15-18(11-13)31-21(24-15)30-4/h5-8,11-12H,9-10H2,1-4H3,(H,22,27). The third-order valence-corrected chi connectivity index (χ3v) is 8.94. The molecule has 168 valence electrons. The number of nitrogens with one attached hydrogen (secondary N) is 1. The Morgan fingerprint density at radius 3 is 2.66 bits per heavy atom. The Balaban J connectivity index is 1.47. The van der Waals surface area contributed by atoms with E-state index in [0.717, 1.165) is 31.6 Å². The summed E-state index contributed by atoms with van der Waals surface area (Å²) in [5.41, 5.74) is 3.07. The van der Waals surface area contributed by atoms with E-state index >= 15 is 0 Å². The lowest BCUT2D eigenvalue weighted by Crippen LogP contribution is -2.22. The van der Waals surface area contributed by atoms with Gasteiger partial charge in [0, 0.05) is 39.7 Å². The quantitative estimate of drug-likeness (QED) is 0.397. The summed E-state index contributed by atoms with van der Waals surface area (Å²) in [4.78, 5) is 21.8. The predicted molar refractivity (Wildman–Crippen MR) is 130 cm³/mol. The van der Waals surface area contributed by atoms with E-state index in [-0.39, 0.29) is 17.2 Å². The molecule has 0 saturated heterocycles. The fourth-order valence-corrected chi connectivity index (χ4v) is 5.79. The number of carbonyl (C=O) groups is 1. The number of aryl methyl sites for hydroxylation is 2. The van der Waals surface area contributed by atoms with Crippen molar-refractivity contribution in [1.82, 2.24) is 18.8 Å². The second kappa shape index (κ2) is 8.81. The zero-order valence-corrected chi connectivity index (χ0v) is 20.6. The summed E-state index contributed by atoms with van der Waals surface area (Å²) < 4.78 is 29.9. The molecule has 0 bridgehead atoms. The van der Waals surface area contributed by atoms with Crippen LogP contribution in [0, 0.1) is 0 Å². The van der Waals surface area contributed by atoms with Gasteiger partial charge in [0.05, 0.1) is 26.1 Å². The van der Waals surface area contributed by atoms with E-state index in [2.05, 4.69) is 15.3 Å². The predicted octanol–water partition coefficient (Wildman–Crippen LogP) is 3.73. The highest BCUT2D eigenvalue weighted by atomic mass is 32.2. The first-order chi connectivity index (χ1) is 15.2. The van der Waals surface area contributed by atoms with Gasteiger partial charge < -0.3 is 9.88 Å². The Morgan fingerprint density at radius 1 is 1.16 bits per heavy atom. The van der Waals surface area contributed by atoms with Gasteiger partial charge in [-0.1, -0.05) is 11.8 Å². The van der Waals surface area contributed by atoms with Crippen LogP contribution in [0.2, 0.25) is 0 Å². The van der Waals surface area contributed by atoms with Gasteiger partial charge in [0.2, 0.25) is 15.9 Å². The number of thiazole rings is 1. The van der Waals surface area contributed by atoms with Crippen LogP contribution < -0.4 is 5.32 Å². The summed E-state index contributed by atoms with van der Waals surface area (Å²) in [7, 11) is 1.32. The molecule has 1 amide bonds. The van der Waals surface area contributed by atoms with Crippen molar-refractivity contribution in [3.8, 4) is 0 Å². The van der Waals surface area contributed by atoms with E-state index in [0.29, 0.717) is 11.9 Å². The summed E-state index contributed by atoms with van der Waals surface area (Å²) in [5, 5.41) is 2.94. The first kappa shape index (κ1) is 22.7. The van der Waals surface area contributed by atoms with Crippen LogP contribution in [-0.4, -0.2) is 53.5 Å². The molecule has 1 N–H and O–H groups in total. The summed E-state index contributed by atoms with van der Waals surface area (Å²) in [5.74, 6) is 0.610. The molecular formula is C21H23N5O3S3. The zero-order valence-electron chi connectivity index (χ0n) is 18.1. The number of aromatic nitrogens is 3.